The predicted octanol–water partition coefficient (Wildman–Crippen LogP) is 5.08. The lowest BCUT2D eigenvalue weighted by atomic mass is 10.0. The van der Waals surface area contributed by atoms with E-state index < -0.39 is 28.3 Å². The molecule has 3 aromatic carbocycles. The highest BCUT2D eigenvalue weighted by Gasteiger charge is 2.35. The second-order valence-corrected chi connectivity index (χ2v) is 15.7. The van der Waals surface area contributed by atoms with Crippen LogP contribution in [0.15, 0.2) is 77.7 Å². The molecule has 1 atom stereocenters. The number of fused-ring (bicyclic) bond motifs is 3. The van der Waals surface area contributed by atoms with E-state index in [1.165, 1.54) is 0 Å². The maximum absolute atomic E-state index is 14.1. The van der Waals surface area contributed by atoms with Crippen LogP contribution < -0.4 is 4.72 Å². The minimum atomic E-state index is -3.86. The van der Waals surface area contributed by atoms with E-state index >= 15 is 0 Å². The Bertz CT molecular complexity index is 1710. The van der Waals surface area contributed by atoms with Crippen molar-refractivity contribution in [3.05, 3.63) is 89.5 Å². The Morgan fingerprint density at radius 3 is 1.72 bits per heavy atom. The van der Waals surface area contributed by atoms with Gasteiger partial charge in [-0.25, -0.2) is 17.9 Å². The summed E-state index contributed by atoms with van der Waals surface area (Å²) in [7, 11) is -2.22. The maximum atomic E-state index is 14.1. The van der Waals surface area contributed by atoms with Crippen molar-refractivity contribution in [3.63, 3.8) is 0 Å². The Kier molecular flexibility index (Phi) is 19.8. The molecule has 0 unspecified atom stereocenters. The summed E-state index contributed by atoms with van der Waals surface area (Å²) in [6.07, 6.45) is 1.20. The summed E-state index contributed by atoms with van der Waals surface area (Å²) >= 11 is 0. The van der Waals surface area contributed by atoms with Crippen LogP contribution in [0.25, 0.3) is 11.1 Å². The number of carbonyl (C=O) groups excluding carboxylic acids is 1. The number of nitrogens with one attached hydrogen (secondary N) is 1. The molecule has 1 aliphatic carbocycles. The lowest BCUT2D eigenvalue weighted by Gasteiger charge is -2.34. The van der Waals surface area contributed by atoms with Gasteiger partial charge in [-0.2, -0.15) is 0 Å². The SMILES string of the molecule is CCN(C(=O)OC1c2ccccc2-c2ccccc21)[C@H](CN1CCCC1)c1cccc(S(=O)(=O)NCCOCCOCCOCCOCCOCCOCCOC)c1. The Hall–Kier alpha value is -3.48. The van der Waals surface area contributed by atoms with Crippen molar-refractivity contribution in [1.29, 1.82) is 0 Å². The number of amides is 1. The fourth-order valence-corrected chi connectivity index (χ4v) is 8.11. The third-order valence-corrected chi connectivity index (χ3v) is 11.4. The number of benzene rings is 3. The van der Waals surface area contributed by atoms with Gasteiger partial charge >= 0.3 is 6.09 Å². The molecule has 1 N–H and O–H groups in total. The van der Waals surface area contributed by atoms with Gasteiger partial charge in [-0.15, -0.1) is 0 Å². The molecule has 0 spiro atoms. The fraction of sp³-hybridized carbons (Fsp3) is 0.558. The topological polar surface area (TPSA) is 144 Å². The molecule has 1 saturated heterocycles. The summed E-state index contributed by atoms with van der Waals surface area (Å²) in [4.78, 5) is 18.3. The molecule has 1 fully saturated rings. The molecule has 1 aliphatic heterocycles. The van der Waals surface area contributed by atoms with Crippen LogP contribution in [-0.4, -0.2) is 150 Å². The summed E-state index contributed by atoms with van der Waals surface area (Å²) in [5.41, 5.74) is 4.76. The second-order valence-electron chi connectivity index (χ2n) is 13.9. The van der Waals surface area contributed by atoms with Crippen molar-refractivity contribution in [2.45, 2.75) is 36.8 Å². The Morgan fingerprint density at radius 2 is 1.21 bits per heavy atom. The van der Waals surface area contributed by atoms with E-state index in [0.717, 1.165) is 53.7 Å². The number of sulfonamides is 1. The molecule has 58 heavy (non-hydrogen) atoms. The van der Waals surface area contributed by atoms with Crippen LogP contribution in [0.5, 0.6) is 0 Å². The summed E-state index contributed by atoms with van der Waals surface area (Å²) in [6.45, 7) is 10.6. The molecular formula is C43H61N3O11S. The van der Waals surface area contributed by atoms with Gasteiger partial charge in [-0.3, -0.25) is 0 Å². The fourth-order valence-electron chi connectivity index (χ4n) is 7.04. The standard InChI is InChI=1S/C43H61N3O11S/c1-3-46(43(47)57-42-39-15-6-4-13-37(39)38-14-5-7-16-40(38)42)41(34-45-18-8-9-19-45)35-11-10-12-36(33-35)58(48,49)44-17-20-51-23-24-53-27-28-55-31-32-56-30-29-54-26-25-52-22-21-50-2/h4-7,10-16,33,41-42,44H,3,8-9,17-32,34H2,1-2H3/t41-/m1/s1. The molecular weight excluding hydrogens is 767 g/mol. The van der Waals surface area contributed by atoms with Crippen molar-refractivity contribution in [2.75, 3.05) is 126 Å². The molecule has 1 amide bonds. The van der Waals surface area contributed by atoms with Crippen molar-refractivity contribution in [2.24, 2.45) is 0 Å². The van der Waals surface area contributed by atoms with Crippen molar-refractivity contribution >= 4 is 16.1 Å². The largest absolute Gasteiger partial charge is 0.436 e. The van der Waals surface area contributed by atoms with Crippen molar-refractivity contribution in [1.82, 2.24) is 14.5 Å². The molecule has 320 valence electrons. The number of methoxy groups -OCH3 is 1. The third-order valence-electron chi connectivity index (χ3n) is 9.96. The molecule has 3 aromatic rings. The number of likely N-dealkylation sites (N-methyl/N-ethyl adjacent to an activating group) is 1. The molecule has 0 aromatic heterocycles. The van der Waals surface area contributed by atoms with Crippen molar-refractivity contribution in [3.8, 4) is 11.1 Å². The molecule has 5 rings (SSSR count). The summed E-state index contributed by atoms with van der Waals surface area (Å²) in [6, 6.07) is 22.5. The highest BCUT2D eigenvalue weighted by atomic mass is 32.2. The van der Waals surface area contributed by atoms with Gasteiger partial charge in [0.1, 0.15) is 0 Å². The average Bonchev–Trinajstić information content (AvgIpc) is 3.87. The van der Waals surface area contributed by atoms with E-state index in [1.807, 2.05) is 49.4 Å². The van der Waals surface area contributed by atoms with Gasteiger partial charge in [-0.05, 0) is 61.7 Å². The average molecular weight is 828 g/mol. The van der Waals surface area contributed by atoms with Gasteiger partial charge in [0.2, 0.25) is 10.0 Å². The smallest absolute Gasteiger partial charge is 0.411 e. The quantitative estimate of drug-likeness (QED) is 0.0934. The van der Waals surface area contributed by atoms with Gasteiger partial charge in [0.05, 0.1) is 96.8 Å². The zero-order chi connectivity index (χ0) is 40.8. The normalized spacial score (nSPS) is 14.7. The first-order valence-corrected chi connectivity index (χ1v) is 21.8. The van der Waals surface area contributed by atoms with Crippen LogP contribution in [0.4, 0.5) is 4.79 Å². The van der Waals surface area contributed by atoms with Crippen molar-refractivity contribution < 1.29 is 51.1 Å². The predicted molar refractivity (Wildman–Crippen MR) is 219 cm³/mol. The first-order chi connectivity index (χ1) is 28.4. The van der Waals surface area contributed by atoms with E-state index in [2.05, 4.69) is 21.8 Å². The zero-order valence-corrected chi connectivity index (χ0v) is 34.8. The van der Waals surface area contributed by atoms with Gasteiger partial charge in [-0.1, -0.05) is 60.7 Å². The van der Waals surface area contributed by atoms with Gasteiger partial charge in [0.25, 0.3) is 0 Å². The second kappa shape index (κ2) is 25.2. The van der Waals surface area contributed by atoms with E-state index in [4.69, 9.17) is 37.9 Å². The van der Waals surface area contributed by atoms with E-state index in [1.54, 1.807) is 30.2 Å². The Morgan fingerprint density at radius 1 is 0.707 bits per heavy atom. The number of ether oxygens (including phenoxy) is 8. The number of hydrogen-bond donors (Lipinski definition) is 1. The minimum absolute atomic E-state index is 0.0951. The summed E-state index contributed by atoms with van der Waals surface area (Å²) < 4.78 is 73.6. The monoisotopic (exact) mass is 827 g/mol. The van der Waals surface area contributed by atoms with Crippen LogP contribution in [0.3, 0.4) is 0 Å². The van der Waals surface area contributed by atoms with Crippen LogP contribution in [0.1, 0.15) is 48.6 Å². The molecule has 15 heteroatoms. The highest BCUT2D eigenvalue weighted by molar-refractivity contribution is 7.89. The molecule has 14 nitrogen and oxygen atoms in total. The van der Waals surface area contributed by atoms with Crippen LogP contribution in [0.2, 0.25) is 0 Å². The highest BCUT2D eigenvalue weighted by Crippen LogP contribution is 2.45. The first kappa shape index (κ1) is 45.6. The number of nitrogens with zero attached hydrogens (tertiary/aromatic N) is 2. The third kappa shape index (κ3) is 14.1. The summed E-state index contributed by atoms with van der Waals surface area (Å²) in [5.74, 6) is 0. The molecule has 2 aliphatic rings. The molecule has 1 heterocycles. The van der Waals surface area contributed by atoms with Gasteiger partial charge in [0, 0.05) is 37.9 Å². The van der Waals surface area contributed by atoms with E-state index in [-0.39, 0.29) is 18.0 Å². The minimum Gasteiger partial charge on any atom is -0.436 e. The molecule has 0 saturated carbocycles. The number of carbonyl (C=O) groups is 1. The van der Waals surface area contributed by atoms with E-state index in [9.17, 15) is 13.2 Å². The van der Waals surface area contributed by atoms with Crippen LogP contribution >= 0.6 is 0 Å². The Balaban J connectivity index is 1.03. The molecule has 0 radical (unpaired) electrons. The lowest BCUT2D eigenvalue weighted by molar-refractivity contribution is -0.0188. The maximum Gasteiger partial charge on any atom is 0.411 e. The van der Waals surface area contributed by atoms with Crippen LogP contribution in [0, 0.1) is 0 Å². The first-order valence-electron chi connectivity index (χ1n) is 20.4. The van der Waals surface area contributed by atoms with Gasteiger partial charge < -0.3 is 47.7 Å². The lowest BCUT2D eigenvalue weighted by Crippen LogP contribution is -2.41. The Labute approximate surface area is 344 Å². The zero-order valence-electron chi connectivity index (χ0n) is 34.0. The van der Waals surface area contributed by atoms with E-state index in [0.29, 0.717) is 92.4 Å². The van der Waals surface area contributed by atoms with Crippen LogP contribution in [-0.2, 0) is 47.9 Å². The number of likely N-dealkylation sites (tertiary alicyclic amines) is 1. The number of hydrogen-bond acceptors (Lipinski definition) is 12. The summed E-state index contributed by atoms with van der Waals surface area (Å²) in [5, 5.41) is 0. The number of rotatable bonds is 29. The van der Waals surface area contributed by atoms with Gasteiger partial charge in [0.15, 0.2) is 6.10 Å². The molecule has 0 bridgehead atoms.